The van der Waals surface area contributed by atoms with Crippen LogP contribution in [-0.4, -0.2) is 23.1 Å². The molecular weight excluding hydrogens is 419 g/mol. The molecule has 0 saturated heterocycles. The van der Waals surface area contributed by atoms with Gasteiger partial charge in [0, 0.05) is 13.5 Å². The van der Waals surface area contributed by atoms with Gasteiger partial charge in [-0.05, 0) is 62.3 Å². The van der Waals surface area contributed by atoms with Gasteiger partial charge in [-0.2, -0.15) is 0 Å². The summed E-state index contributed by atoms with van der Waals surface area (Å²) in [6.07, 6.45) is 24.2. The minimum atomic E-state index is -0.884. The Balaban J connectivity index is 2.10. The number of hydrogen-bond acceptors (Lipinski definition) is 0. The molecule has 186 valence electrons. The highest BCUT2D eigenvalue weighted by Gasteiger charge is 2.35. The van der Waals surface area contributed by atoms with Gasteiger partial charge in [-0.25, -0.2) is 0 Å². The lowest BCUT2D eigenvalue weighted by Gasteiger charge is -2.28. The van der Waals surface area contributed by atoms with Gasteiger partial charge in [-0.15, -0.1) is 0 Å². The standard InChI is InChI=1S/C30H52N2P/c1-7-12-21-33(22-13-8-2,23-14-9-3)25-28-15-17-29(18-16-28)27(6)24-30(10-4)32-20-19-31(11-5)26-32/h15-18,20,26-27,30H,7-14,21-25H2,1-6H3/q+1. The van der Waals surface area contributed by atoms with Crippen LogP contribution in [0.1, 0.15) is 116 Å². The van der Waals surface area contributed by atoms with Gasteiger partial charge in [0.25, 0.3) is 0 Å². The lowest BCUT2D eigenvalue weighted by atomic mass is 9.92. The van der Waals surface area contributed by atoms with E-state index >= 15 is 0 Å². The first kappa shape index (κ1) is 28.1. The van der Waals surface area contributed by atoms with Crippen molar-refractivity contribution >= 4 is 7.26 Å². The molecule has 0 aliphatic carbocycles. The summed E-state index contributed by atoms with van der Waals surface area (Å²) in [7, 11) is -0.884. The summed E-state index contributed by atoms with van der Waals surface area (Å²) in [5.41, 5.74) is 3.09. The minimum absolute atomic E-state index is 0.541. The van der Waals surface area contributed by atoms with Gasteiger partial charge in [0.15, 0.2) is 0 Å². The van der Waals surface area contributed by atoms with Crippen LogP contribution >= 0.6 is 7.26 Å². The Morgan fingerprint density at radius 3 is 1.91 bits per heavy atom. The van der Waals surface area contributed by atoms with Gasteiger partial charge in [-0.3, -0.25) is 0 Å². The number of unbranched alkanes of at least 4 members (excludes halogenated alkanes) is 3. The van der Waals surface area contributed by atoms with Crippen molar-refractivity contribution in [2.45, 2.75) is 118 Å². The first-order valence-electron chi connectivity index (χ1n) is 13.9. The van der Waals surface area contributed by atoms with E-state index in [4.69, 9.17) is 0 Å². The van der Waals surface area contributed by atoms with Crippen molar-refractivity contribution in [3.8, 4) is 0 Å². The number of aromatic nitrogens is 2. The van der Waals surface area contributed by atoms with Crippen LogP contribution in [0.4, 0.5) is 0 Å². The summed E-state index contributed by atoms with van der Waals surface area (Å²) in [5, 5.41) is 0. The highest BCUT2D eigenvalue weighted by Crippen LogP contribution is 2.63. The molecule has 33 heavy (non-hydrogen) atoms. The van der Waals surface area contributed by atoms with Crippen LogP contribution < -0.4 is 4.57 Å². The maximum absolute atomic E-state index is 3.34. The number of rotatable bonds is 17. The van der Waals surface area contributed by atoms with Crippen LogP contribution in [-0.2, 0) is 12.7 Å². The molecule has 0 N–H and O–H groups in total. The van der Waals surface area contributed by atoms with Crippen LogP contribution in [0.25, 0.3) is 0 Å². The fraction of sp³-hybridized carbons (Fsp3) is 0.700. The van der Waals surface area contributed by atoms with E-state index in [9.17, 15) is 0 Å². The number of hydrogen-bond donors (Lipinski definition) is 0. The van der Waals surface area contributed by atoms with Crippen molar-refractivity contribution in [1.29, 1.82) is 0 Å². The monoisotopic (exact) mass is 471 g/mol. The van der Waals surface area contributed by atoms with Gasteiger partial charge in [0.2, 0.25) is 0 Å². The van der Waals surface area contributed by atoms with Crippen LogP contribution in [0.2, 0.25) is 0 Å². The molecule has 0 bridgehead atoms. The van der Waals surface area contributed by atoms with E-state index in [1.54, 1.807) is 5.56 Å². The molecule has 3 heteroatoms. The zero-order valence-corrected chi connectivity index (χ0v) is 23.5. The number of aryl methyl sites for hydroxylation is 1. The average molecular weight is 472 g/mol. The Labute approximate surface area is 206 Å². The molecule has 2 unspecified atom stereocenters. The van der Waals surface area contributed by atoms with Crippen molar-refractivity contribution < 1.29 is 4.57 Å². The molecule has 0 radical (unpaired) electrons. The Hall–Kier alpha value is -1.14. The molecule has 0 saturated carbocycles. The molecule has 0 fully saturated rings. The zero-order chi connectivity index (χ0) is 24.1. The van der Waals surface area contributed by atoms with E-state index in [1.807, 2.05) is 0 Å². The number of imidazole rings is 1. The van der Waals surface area contributed by atoms with Gasteiger partial charge >= 0.3 is 0 Å². The second kappa shape index (κ2) is 15.0. The van der Waals surface area contributed by atoms with Gasteiger partial charge in [0.05, 0.1) is 43.6 Å². The molecule has 0 aliphatic rings. The largest absolute Gasteiger partial charge is 0.400 e. The quantitative estimate of drug-likeness (QED) is 0.124. The third-order valence-electron chi connectivity index (χ3n) is 7.53. The van der Waals surface area contributed by atoms with Gasteiger partial charge < -0.3 is 9.13 Å². The van der Waals surface area contributed by atoms with Crippen LogP contribution in [0.5, 0.6) is 0 Å². The Morgan fingerprint density at radius 2 is 1.45 bits per heavy atom. The molecule has 0 aliphatic heterocycles. The summed E-state index contributed by atoms with van der Waals surface area (Å²) < 4.78 is 4.51. The normalized spacial score (nSPS) is 13.9. The zero-order valence-electron chi connectivity index (χ0n) is 22.7. The molecule has 2 rings (SSSR count). The maximum Gasteiger partial charge on any atom is 0.0963 e. The third-order valence-corrected chi connectivity index (χ3v) is 12.4. The predicted octanol–water partition coefficient (Wildman–Crippen LogP) is 8.66. The molecule has 2 aromatic rings. The van der Waals surface area contributed by atoms with E-state index in [0.717, 1.165) is 13.0 Å². The van der Waals surface area contributed by atoms with E-state index in [-0.39, 0.29) is 0 Å². The van der Waals surface area contributed by atoms with Crippen LogP contribution in [0.3, 0.4) is 0 Å². The summed E-state index contributed by atoms with van der Waals surface area (Å²) in [4.78, 5) is 0. The van der Waals surface area contributed by atoms with Crippen LogP contribution in [0, 0.1) is 6.20 Å². The SMILES string of the molecule is CCCC[P+](CCCC)(CCCC)Cc1ccc(C(C)CC(CC)n2c[c-][n+](CC)c2)cc1. The molecule has 2 atom stereocenters. The maximum atomic E-state index is 3.34. The second-order valence-electron chi connectivity index (χ2n) is 10.3. The molecule has 1 heterocycles. The van der Waals surface area contributed by atoms with Crippen LogP contribution in [0.15, 0.2) is 36.8 Å². The summed E-state index contributed by atoms with van der Waals surface area (Å²) in [6.45, 7) is 15.0. The lowest BCUT2D eigenvalue weighted by molar-refractivity contribution is -0.697. The fourth-order valence-electron chi connectivity index (χ4n) is 5.18. The Bertz CT molecular complexity index is 742. The van der Waals surface area contributed by atoms with Gasteiger partial charge in [-0.1, -0.05) is 78.1 Å². The van der Waals surface area contributed by atoms with Crippen molar-refractivity contribution in [2.75, 3.05) is 18.5 Å². The number of benzene rings is 1. The van der Waals surface area contributed by atoms with E-state index in [0.29, 0.717) is 12.0 Å². The first-order chi connectivity index (χ1) is 16.0. The third kappa shape index (κ3) is 8.86. The molecule has 1 aromatic carbocycles. The van der Waals surface area contributed by atoms with Gasteiger partial charge in [0.1, 0.15) is 0 Å². The summed E-state index contributed by atoms with van der Waals surface area (Å²) in [6, 6.07) is 10.4. The molecular formula is C30H52N2P+. The van der Waals surface area contributed by atoms with Crippen molar-refractivity contribution in [3.05, 3.63) is 54.1 Å². The highest BCUT2D eigenvalue weighted by atomic mass is 31.2. The van der Waals surface area contributed by atoms with Crippen molar-refractivity contribution in [2.24, 2.45) is 0 Å². The molecule has 0 amide bonds. The highest BCUT2D eigenvalue weighted by molar-refractivity contribution is 7.75. The lowest BCUT2D eigenvalue weighted by Crippen LogP contribution is -2.29. The predicted molar refractivity (Wildman–Crippen MR) is 148 cm³/mol. The topological polar surface area (TPSA) is 8.81 Å². The Morgan fingerprint density at radius 1 is 0.879 bits per heavy atom. The minimum Gasteiger partial charge on any atom is -0.400 e. The fourth-order valence-corrected chi connectivity index (χ4v) is 10.3. The van der Waals surface area contributed by atoms with Crippen molar-refractivity contribution in [3.63, 3.8) is 0 Å². The summed E-state index contributed by atoms with van der Waals surface area (Å²) >= 11 is 0. The second-order valence-corrected chi connectivity index (χ2v) is 14.6. The summed E-state index contributed by atoms with van der Waals surface area (Å²) in [5.74, 6) is 0.571. The van der Waals surface area contributed by atoms with Crippen molar-refractivity contribution in [1.82, 2.24) is 4.57 Å². The average Bonchev–Trinajstić information content (AvgIpc) is 3.33. The smallest absolute Gasteiger partial charge is 0.0963 e. The Kier molecular flexibility index (Phi) is 12.8. The molecule has 2 nitrogen and oxygen atoms in total. The van der Waals surface area contributed by atoms with E-state index in [2.05, 4.69) is 93.7 Å². The first-order valence-corrected chi connectivity index (χ1v) is 16.5. The molecule has 1 aromatic heterocycles. The van der Waals surface area contributed by atoms with E-state index < -0.39 is 7.26 Å². The number of nitrogens with zero attached hydrogens (tertiary/aromatic N) is 2. The van der Waals surface area contributed by atoms with E-state index in [1.165, 1.54) is 75.2 Å². The molecule has 0 spiro atoms.